The maximum atomic E-state index is 11.2. The summed E-state index contributed by atoms with van der Waals surface area (Å²) in [6.45, 7) is 0.453. The molecule has 0 amide bonds. The van der Waals surface area contributed by atoms with Crippen LogP contribution in [0.3, 0.4) is 0 Å². The number of alkyl halides is 1. The molecule has 0 radical (unpaired) electrons. The third kappa shape index (κ3) is 2.44. The number of hydrogen-bond acceptors (Lipinski definition) is 3. The number of esters is 1. The van der Waals surface area contributed by atoms with Crippen LogP contribution < -0.4 is 0 Å². The van der Waals surface area contributed by atoms with Crippen molar-refractivity contribution in [2.75, 3.05) is 7.11 Å². The topological polar surface area (TPSA) is 44.1 Å². The van der Waals surface area contributed by atoms with Crippen LogP contribution in [0.5, 0.6) is 0 Å². The molecule has 0 aliphatic carbocycles. The Bertz CT molecular complexity index is 581. The minimum absolute atomic E-state index is 0.261. The molecule has 2 aromatic rings. The van der Waals surface area contributed by atoms with Crippen LogP contribution in [0.1, 0.15) is 12.2 Å². The van der Waals surface area contributed by atoms with Crippen LogP contribution in [0.15, 0.2) is 18.2 Å². The van der Waals surface area contributed by atoms with Gasteiger partial charge in [0.25, 0.3) is 0 Å². The minimum Gasteiger partial charge on any atom is -0.469 e. The van der Waals surface area contributed by atoms with Crippen LogP contribution in [-0.4, -0.2) is 22.6 Å². The summed E-state index contributed by atoms with van der Waals surface area (Å²) in [5, 5.41) is 0.598. The van der Waals surface area contributed by atoms with Crippen LogP contribution >= 0.6 is 23.2 Å². The summed E-state index contributed by atoms with van der Waals surface area (Å²) in [6.07, 6.45) is 0.261. The number of benzene rings is 1. The van der Waals surface area contributed by atoms with E-state index in [-0.39, 0.29) is 18.3 Å². The quantitative estimate of drug-likeness (QED) is 0.641. The summed E-state index contributed by atoms with van der Waals surface area (Å²) in [5.74, 6) is 0.694. The van der Waals surface area contributed by atoms with Gasteiger partial charge in [-0.1, -0.05) is 17.7 Å². The Morgan fingerprint density at radius 3 is 2.94 bits per heavy atom. The minimum atomic E-state index is -0.274. The molecule has 0 saturated heterocycles. The fraction of sp³-hybridized carbons (Fsp3) is 0.333. The van der Waals surface area contributed by atoms with Gasteiger partial charge in [-0.3, -0.25) is 4.79 Å². The Hall–Kier alpha value is -1.26. The predicted octanol–water partition coefficient (Wildman–Crippen LogP) is 2.99. The van der Waals surface area contributed by atoms with Gasteiger partial charge >= 0.3 is 5.97 Å². The van der Waals surface area contributed by atoms with E-state index in [0.717, 1.165) is 11.0 Å². The van der Waals surface area contributed by atoms with Crippen molar-refractivity contribution in [3.63, 3.8) is 0 Å². The molecule has 2 rings (SSSR count). The van der Waals surface area contributed by atoms with Crippen molar-refractivity contribution in [2.24, 2.45) is 0 Å². The summed E-state index contributed by atoms with van der Waals surface area (Å²) in [6, 6.07) is 5.49. The molecule has 0 aliphatic rings. The molecular formula is C12H12Cl2N2O2. The second-order valence-electron chi connectivity index (χ2n) is 3.75. The number of aromatic nitrogens is 2. The summed E-state index contributed by atoms with van der Waals surface area (Å²) >= 11 is 12.0. The van der Waals surface area contributed by atoms with E-state index in [9.17, 15) is 4.79 Å². The zero-order valence-corrected chi connectivity index (χ0v) is 11.3. The fourth-order valence-electron chi connectivity index (χ4n) is 1.84. The highest BCUT2D eigenvalue weighted by Crippen LogP contribution is 2.25. The normalized spacial score (nSPS) is 10.8. The van der Waals surface area contributed by atoms with Gasteiger partial charge in [0, 0.05) is 6.54 Å². The van der Waals surface area contributed by atoms with E-state index in [1.54, 1.807) is 6.07 Å². The standard InChI is InChI=1S/C12H12Cl2N2O2/c1-18-11(17)5-6-16-10(7-13)15-9-4-2-3-8(14)12(9)16/h2-4H,5-7H2,1H3. The molecule has 0 N–H and O–H groups in total. The number of carbonyl (C=O) groups excluding carboxylic acids is 1. The first kappa shape index (κ1) is 13.2. The lowest BCUT2D eigenvalue weighted by Crippen LogP contribution is -2.09. The Kier molecular flexibility index (Phi) is 4.09. The molecule has 0 saturated carbocycles. The van der Waals surface area contributed by atoms with Crippen molar-refractivity contribution >= 4 is 40.2 Å². The summed E-state index contributed by atoms with van der Waals surface area (Å²) in [4.78, 5) is 15.6. The number of carbonyl (C=O) groups is 1. The van der Waals surface area contributed by atoms with Crippen molar-refractivity contribution in [3.8, 4) is 0 Å². The first-order valence-electron chi connectivity index (χ1n) is 5.43. The summed E-state index contributed by atoms with van der Waals surface area (Å²) < 4.78 is 6.49. The molecule has 96 valence electrons. The number of methoxy groups -OCH3 is 1. The van der Waals surface area contributed by atoms with Crippen molar-refractivity contribution in [3.05, 3.63) is 29.0 Å². The number of nitrogens with zero attached hydrogens (tertiary/aromatic N) is 2. The largest absolute Gasteiger partial charge is 0.469 e. The lowest BCUT2D eigenvalue weighted by atomic mass is 10.3. The number of imidazole rings is 1. The van der Waals surface area contributed by atoms with Crippen molar-refractivity contribution in [1.29, 1.82) is 0 Å². The predicted molar refractivity (Wildman–Crippen MR) is 70.9 cm³/mol. The average Bonchev–Trinajstić information content (AvgIpc) is 2.75. The van der Waals surface area contributed by atoms with E-state index in [0.29, 0.717) is 17.4 Å². The van der Waals surface area contributed by atoms with Crippen LogP contribution in [0, 0.1) is 0 Å². The molecule has 0 spiro atoms. The first-order valence-corrected chi connectivity index (χ1v) is 6.35. The first-order chi connectivity index (χ1) is 8.67. The molecule has 0 bridgehead atoms. The van der Waals surface area contributed by atoms with Gasteiger partial charge in [-0.15, -0.1) is 11.6 Å². The fourth-order valence-corrected chi connectivity index (χ4v) is 2.31. The highest BCUT2D eigenvalue weighted by Gasteiger charge is 2.13. The van der Waals surface area contributed by atoms with Crippen molar-refractivity contribution < 1.29 is 9.53 Å². The van der Waals surface area contributed by atoms with Crippen LogP contribution in [0.2, 0.25) is 5.02 Å². The maximum absolute atomic E-state index is 11.2. The van der Waals surface area contributed by atoms with Crippen LogP contribution in [-0.2, 0) is 22.0 Å². The van der Waals surface area contributed by atoms with E-state index in [4.69, 9.17) is 23.2 Å². The van der Waals surface area contributed by atoms with Gasteiger partial charge in [0.2, 0.25) is 0 Å². The molecule has 1 aromatic heterocycles. The SMILES string of the molecule is COC(=O)CCn1c(CCl)nc2cccc(Cl)c21. The van der Waals surface area contributed by atoms with E-state index >= 15 is 0 Å². The van der Waals surface area contributed by atoms with E-state index in [2.05, 4.69) is 9.72 Å². The highest BCUT2D eigenvalue weighted by molar-refractivity contribution is 6.35. The second kappa shape index (κ2) is 5.59. The van der Waals surface area contributed by atoms with Gasteiger partial charge in [-0.2, -0.15) is 0 Å². The Labute approximate surface area is 114 Å². The lowest BCUT2D eigenvalue weighted by Gasteiger charge is -2.07. The molecule has 1 heterocycles. The maximum Gasteiger partial charge on any atom is 0.307 e. The lowest BCUT2D eigenvalue weighted by molar-refractivity contribution is -0.140. The molecule has 0 aliphatic heterocycles. The smallest absolute Gasteiger partial charge is 0.307 e. The van der Waals surface area contributed by atoms with Gasteiger partial charge in [0.1, 0.15) is 5.82 Å². The third-order valence-corrected chi connectivity index (χ3v) is 3.23. The number of fused-ring (bicyclic) bond motifs is 1. The molecule has 18 heavy (non-hydrogen) atoms. The van der Waals surface area contributed by atoms with E-state index < -0.39 is 0 Å². The molecule has 0 unspecified atom stereocenters. The summed E-state index contributed by atoms with van der Waals surface area (Å²) in [7, 11) is 1.36. The molecule has 6 heteroatoms. The Morgan fingerprint density at radius 2 is 2.28 bits per heavy atom. The Balaban J connectivity index is 2.43. The number of hydrogen-bond donors (Lipinski definition) is 0. The number of rotatable bonds is 4. The molecule has 0 fully saturated rings. The number of halogens is 2. The van der Waals surface area contributed by atoms with E-state index in [1.807, 2.05) is 16.7 Å². The second-order valence-corrected chi connectivity index (χ2v) is 4.42. The van der Waals surface area contributed by atoms with Crippen molar-refractivity contribution in [1.82, 2.24) is 9.55 Å². The van der Waals surface area contributed by atoms with Gasteiger partial charge in [0.15, 0.2) is 0 Å². The monoisotopic (exact) mass is 286 g/mol. The molecule has 4 nitrogen and oxygen atoms in total. The average molecular weight is 287 g/mol. The Morgan fingerprint density at radius 1 is 1.50 bits per heavy atom. The zero-order valence-electron chi connectivity index (χ0n) is 9.82. The number of ether oxygens (including phenoxy) is 1. The van der Waals surface area contributed by atoms with Gasteiger partial charge in [0.05, 0.1) is 35.5 Å². The van der Waals surface area contributed by atoms with Gasteiger partial charge < -0.3 is 9.30 Å². The van der Waals surface area contributed by atoms with Crippen LogP contribution in [0.4, 0.5) is 0 Å². The molecular weight excluding hydrogens is 275 g/mol. The van der Waals surface area contributed by atoms with E-state index in [1.165, 1.54) is 7.11 Å². The van der Waals surface area contributed by atoms with Gasteiger partial charge in [-0.05, 0) is 12.1 Å². The molecule has 1 aromatic carbocycles. The highest BCUT2D eigenvalue weighted by atomic mass is 35.5. The number of para-hydroxylation sites is 1. The molecule has 0 atom stereocenters. The van der Waals surface area contributed by atoms with Crippen molar-refractivity contribution in [2.45, 2.75) is 18.8 Å². The van der Waals surface area contributed by atoms with Crippen LogP contribution in [0.25, 0.3) is 11.0 Å². The van der Waals surface area contributed by atoms with Gasteiger partial charge in [-0.25, -0.2) is 4.98 Å². The summed E-state index contributed by atoms with van der Waals surface area (Å²) in [5.41, 5.74) is 1.58. The third-order valence-electron chi connectivity index (χ3n) is 2.68. The zero-order chi connectivity index (χ0) is 13.1. The number of aryl methyl sites for hydroxylation is 1.